The minimum atomic E-state index is -0.442. The standard InChI is InChI=1S/C15H31N3O2/c1-12(2)18(14(19)20-15(3,4)5)9-8-17-7-6-13(10-16)11-17/h12-13H,6-11,16H2,1-5H3. The Morgan fingerprint density at radius 2 is 2.10 bits per heavy atom. The molecule has 1 fully saturated rings. The van der Waals surface area contributed by atoms with Gasteiger partial charge in [-0.1, -0.05) is 0 Å². The largest absolute Gasteiger partial charge is 0.444 e. The highest BCUT2D eigenvalue weighted by Crippen LogP contribution is 2.16. The summed E-state index contributed by atoms with van der Waals surface area (Å²) < 4.78 is 5.47. The molecule has 0 saturated carbocycles. The van der Waals surface area contributed by atoms with Crippen molar-refractivity contribution in [3.05, 3.63) is 0 Å². The van der Waals surface area contributed by atoms with Gasteiger partial charge in [-0.05, 0) is 60.0 Å². The zero-order chi connectivity index (χ0) is 15.3. The van der Waals surface area contributed by atoms with Crippen molar-refractivity contribution < 1.29 is 9.53 Å². The van der Waals surface area contributed by atoms with Gasteiger partial charge in [0, 0.05) is 25.7 Å². The van der Waals surface area contributed by atoms with Crippen LogP contribution in [0.15, 0.2) is 0 Å². The summed E-state index contributed by atoms with van der Waals surface area (Å²) in [4.78, 5) is 16.4. The molecule has 1 heterocycles. The van der Waals surface area contributed by atoms with Crippen molar-refractivity contribution in [3.8, 4) is 0 Å². The minimum absolute atomic E-state index is 0.151. The summed E-state index contributed by atoms with van der Waals surface area (Å²) in [6.45, 7) is 14.3. The van der Waals surface area contributed by atoms with Crippen LogP contribution in [0.1, 0.15) is 41.0 Å². The maximum absolute atomic E-state index is 12.2. The molecule has 1 rings (SSSR count). The van der Waals surface area contributed by atoms with E-state index in [1.54, 1.807) is 4.90 Å². The van der Waals surface area contributed by atoms with E-state index in [4.69, 9.17) is 10.5 Å². The number of rotatable bonds is 5. The van der Waals surface area contributed by atoms with E-state index in [-0.39, 0.29) is 12.1 Å². The minimum Gasteiger partial charge on any atom is -0.444 e. The normalized spacial score (nSPS) is 20.4. The maximum Gasteiger partial charge on any atom is 0.410 e. The molecule has 1 amide bonds. The van der Waals surface area contributed by atoms with E-state index < -0.39 is 5.60 Å². The topological polar surface area (TPSA) is 58.8 Å². The number of carbonyl (C=O) groups is 1. The quantitative estimate of drug-likeness (QED) is 0.838. The molecule has 0 aromatic heterocycles. The number of hydrogen-bond donors (Lipinski definition) is 1. The second kappa shape index (κ2) is 7.27. The van der Waals surface area contributed by atoms with E-state index in [9.17, 15) is 4.79 Å². The monoisotopic (exact) mass is 285 g/mol. The van der Waals surface area contributed by atoms with Crippen molar-refractivity contribution >= 4 is 6.09 Å². The Hall–Kier alpha value is -0.810. The first-order valence-electron chi connectivity index (χ1n) is 7.65. The number of hydrogen-bond acceptors (Lipinski definition) is 4. The van der Waals surface area contributed by atoms with Gasteiger partial charge in [0.15, 0.2) is 0 Å². The first-order chi connectivity index (χ1) is 9.23. The lowest BCUT2D eigenvalue weighted by atomic mass is 10.1. The molecule has 1 saturated heterocycles. The summed E-state index contributed by atoms with van der Waals surface area (Å²) >= 11 is 0. The molecule has 0 radical (unpaired) electrons. The van der Waals surface area contributed by atoms with E-state index in [2.05, 4.69) is 4.90 Å². The molecule has 0 aromatic rings. The molecular formula is C15H31N3O2. The molecule has 2 N–H and O–H groups in total. The van der Waals surface area contributed by atoms with Gasteiger partial charge in [0.1, 0.15) is 5.60 Å². The summed E-state index contributed by atoms with van der Waals surface area (Å²) in [5, 5.41) is 0. The molecule has 118 valence electrons. The highest BCUT2D eigenvalue weighted by Gasteiger charge is 2.26. The maximum atomic E-state index is 12.2. The van der Waals surface area contributed by atoms with Crippen molar-refractivity contribution in [1.82, 2.24) is 9.80 Å². The van der Waals surface area contributed by atoms with Crippen molar-refractivity contribution in [1.29, 1.82) is 0 Å². The molecule has 1 unspecified atom stereocenters. The van der Waals surface area contributed by atoms with Crippen molar-refractivity contribution in [2.45, 2.75) is 52.7 Å². The number of ether oxygens (including phenoxy) is 1. The van der Waals surface area contributed by atoms with E-state index in [0.29, 0.717) is 12.5 Å². The number of likely N-dealkylation sites (tertiary alicyclic amines) is 1. The average molecular weight is 285 g/mol. The number of nitrogens with zero attached hydrogens (tertiary/aromatic N) is 2. The SMILES string of the molecule is CC(C)N(CCN1CCC(CN)C1)C(=O)OC(C)(C)C. The molecule has 20 heavy (non-hydrogen) atoms. The lowest BCUT2D eigenvalue weighted by Crippen LogP contribution is -2.44. The Kier molecular flexibility index (Phi) is 6.27. The fourth-order valence-electron chi connectivity index (χ4n) is 2.44. The Morgan fingerprint density at radius 3 is 2.55 bits per heavy atom. The molecule has 0 aliphatic carbocycles. The van der Waals surface area contributed by atoms with Gasteiger partial charge < -0.3 is 20.3 Å². The van der Waals surface area contributed by atoms with Gasteiger partial charge in [0.2, 0.25) is 0 Å². The molecule has 1 aliphatic heterocycles. The van der Waals surface area contributed by atoms with Crippen LogP contribution in [0.3, 0.4) is 0 Å². The summed E-state index contributed by atoms with van der Waals surface area (Å²) in [7, 11) is 0. The Bertz CT molecular complexity index is 313. The highest BCUT2D eigenvalue weighted by molar-refractivity contribution is 5.68. The third-order valence-electron chi connectivity index (χ3n) is 3.61. The molecule has 5 heteroatoms. The molecule has 0 bridgehead atoms. The predicted octanol–water partition coefficient (Wildman–Crippen LogP) is 1.91. The lowest BCUT2D eigenvalue weighted by Gasteiger charge is -2.31. The second-order valence-electron chi connectivity index (χ2n) is 6.96. The Labute approximate surface area is 123 Å². The first-order valence-corrected chi connectivity index (χ1v) is 7.65. The summed E-state index contributed by atoms with van der Waals surface area (Å²) in [6, 6.07) is 0.151. The van der Waals surface area contributed by atoms with Gasteiger partial charge in [-0.25, -0.2) is 4.79 Å². The van der Waals surface area contributed by atoms with Gasteiger partial charge in [0.25, 0.3) is 0 Å². The number of carbonyl (C=O) groups excluding carboxylic acids is 1. The highest BCUT2D eigenvalue weighted by atomic mass is 16.6. The molecule has 0 spiro atoms. The van der Waals surface area contributed by atoms with Crippen LogP contribution in [-0.4, -0.2) is 60.3 Å². The van der Waals surface area contributed by atoms with E-state index >= 15 is 0 Å². The van der Waals surface area contributed by atoms with Gasteiger partial charge in [-0.2, -0.15) is 0 Å². The van der Waals surface area contributed by atoms with Crippen LogP contribution in [0.2, 0.25) is 0 Å². The third kappa shape index (κ3) is 5.67. The smallest absolute Gasteiger partial charge is 0.410 e. The molecule has 1 atom stereocenters. The van der Waals surface area contributed by atoms with Crippen LogP contribution >= 0.6 is 0 Å². The fourth-order valence-corrected chi connectivity index (χ4v) is 2.44. The van der Waals surface area contributed by atoms with E-state index in [1.807, 2.05) is 34.6 Å². The second-order valence-corrected chi connectivity index (χ2v) is 6.96. The zero-order valence-corrected chi connectivity index (χ0v) is 13.7. The van der Waals surface area contributed by atoms with E-state index in [0.717, 1.165) is 26.2 Å². The predicted molar refractivity (Wildman–Crippen MR) is 81.7 cm³/mol. The van der Waals surface area contributed by atoms with Gasteiger partial charge in [0.05, 0.1) is 0 Å². The first kappa shape index (κ1) is 17.2. The fraction of sp³-hybridized carbons (Fsp3) is 0.933. The Balaban J connectivity index is 2.45. The van der Waals surface area contributed by atoms with Crippen molar-refractivity contribution in [3.63, 3.8) is 0 Å². The van der Waals surface area contributed by atoms with Crippen LogP contribution in [0.4, 0.5) is 4.79 Å². The molecule has 1 aliphatic rings. The lowest BCUT2D eigenvalue weighted by molar-refractivity contribution is 0.0175. The van der Waals surface area contributed by atoms with Gasteiger partial charge in [-0.15, -0.1) is 0 Å². The van der Waals surface area contributed by atoms with Crippen LogP contribution in [0.25, 0.3) is 0 Å². The average Bonchev–Trinajstić information content (AvgIpc) is 2.74. The Morgan fingerprint density at radius 1 is 1.45 bits per heavy atom. The van der Waals surface area contributed by atoms with Gasteiger partial charge in [-0.3, -0.25) is 0 Å². The van der Waals surface area contributed by atoms with Crippen LogP contribution < -0.4 is 5.73 Å². The van der Waals surface area contributed by atoms with Gasteiger partial charge >= 0.3 is 6.09 Å². The molecule has 5 nitrogen and oxygen atoms in total. The molecular weight excluding hydrogens is 254 g/mol. The summed E-state index contributed by atoms with van der Waals surface area (Å²) in [5.41, 5.74) is 5.26. The number of amides is 1. The van der Waals surface area contributed by atoms with Crippen molar-refractivity contribution in [2.75, 3.05) is 32.7 Å². The van der Waals surface area contributed by atoms with Crippen LogP contribution in [-0.2, 0) is 4.74 Å². The van der Waals surface area contributed by atoms with Crippen LogP contribution in [0, 0.1) is 5.92 Å². The summed E-state index contributed by atoms with van der Waals surface area (Å²) in [6.07, 6.45) is 0.951. The van der Waals surface area contributed by atoms with E-state index in [1.165, 1.54) is 6.42 Å². The third-order valence-corrected chi connectivity index (χ3v) is 3.61. The zero-order valence-electron chi connectivity index (χ0n) is 13.7. The van der Waals surface area contributed by atoms with Crippen LogP contribution in [0.5, 0.6) is 0 Å². The van der Waals surface area contributed by atoms with Crippen molar-refractivity contribution in [2.24, 2.45) is 11.7 Å². The summed E-state index contributed by atoms with van der Waals surface area (Å²) in [5.74, 6) is 0.615. The molecule has 0 aromatic carbocycles. The number of nitrogens with two attached hydrogens (primary N) is 1.